The molecule has 2 heterocycles. The first-order valence-electron chi connectivity index (χ1n) is 12.5. The lowest BCUT2D eigenvalue weighted by Gasteiger charge is -2.17. The zero-order valence-corrected chi connectivity index (χ0v) is 22.6. The predicted octanol–water partition coefficient (Wildman–Crippen LogP) is 5.08. The zero-order chi connectivity index (χ0) is 29.1. The van der Waals surface area contributed by atoms with Crippen LogP contribution >= 0.6 is 11.3 Å². The van der Waals surface area contributed by atoms with Crippen molar-refractivity contribution in [3.63, 3.8) is 0 Å². The second-order valence-electron chi connectivity index (χ2n) is 9.13. The third-order valence-corrected chi connectivity index (χ3v) is 7.58. The number of primary amides is 1. The number of fused-ring (bicyclic) bond motifs is 1. The number of thiophene rings is 1. The lowest BCUT2D eigenvalue weighted by Crippen LogP contribution is -2.26. The molecule has 0 aliphatic carbocycles. The highest BCUT2D eigenvalue weighted by molar-refractivity contribution is 7.17. The van der Waals surface area contributed by atoms with Crippen LogP contribution in [0.1, 0.15) is 26.5 Å². The Labute approximate surface area is 238 Å². The van der Waals surface area contributed by atoms with E-state index in [9.17, 15) is 24.5 Å². The number of anilines is 2. The maximum atomic E-state index is 13.2. The molecule has 12 heteroatoms. The van der Waals surface area contributed by atoms with Crippen molar-refractivity contribution in [3.8, 4) is 10.4 Å². The van der Waals surface area contributed by atoms with E-state index in [-0.39, 0.29) is 30.5 Å². The van der Waals surface area contributed by atoms with Gasteiger partial charge in [-0.25, -0.2) is 4.98 Å². The van der Waals surface area contributed by atoms with Crippen molar-refractivity contribution in [3.05, 3.63) is 105 Å². The lowest BCUT2D eigenvalue weighted by atomic mass is 10.2. The standard InChI is InChI=1S/C29H24N6O5S/c1-33(28(38)19-5-3-2-4-6-19)21-11-12-23-22(17-21)31-29(34(23)16-15-26(30)36)32-27(37)25-14-13-24(41-25)18-7-9-20(10-8-18)35(39)40/h2-14,17H,15-16H2,1H3,(H2,30,36)(H,31,32,37). The zero-order valence-electron chi connectivity index (χ0n) is 21.8. The minimum absolute atomic E-state index is 0.0167. The van der Waals surface area contributed by atoms with Gasteiger partial charge in [-0.05, 0) is 60.2 Å². The van der Waals surface area contributed by atoms with Crippen LogP contribution in [-0.4, -0.2) is 39.2 Å². The Morgan fingerprint density at radius 3 is 2.44 bits per heavy atom. The van der Waals surface area contributed by atoms with E-state index >= 15 is 0 Å². The van der Waals surface area contributed by atoms with Crippen molar-refractivity contribution in [1.29, 1.82) is 0 Å². The first-order valence-corrected chi connectivity index (χ1v) is 13.3. The maximum Gasteiger partial charge on any atom is 0.269 e. The third kappa shape index (κ3) is 5.82. The first-order chi connectivity index (χ1) is 19.7. The van der Waals surface area contributed by atoms with Crippen LogP contribution in [0.3, 0.4) is 0 Å². The molecule has 0 bridgehead atoms. The SMILES string of the molecule is CN(C(=O)c1ccccc1)c1ccc2c(c1)nc(NC(=O)c1ccc(-c3ccc([N+](=O)[O-])cc3)s1)n2CCC(N)=O. The summed E-state index contributed by atoms with van der Waals surface area (Å²) >= 11 is 1.23. The number of benzene rings is 3. The third-order valence-electron chi connectivity index (χ3n) is 6.44. The van der Waals surface area contributed by atoms with Crippen LogP contribution in [-0.2, 0) is 11.3 Å². The summed E-state index contributed by atoms with van der Waals surface area (Å²) in [5.74, 6) is -0.866. The maximum absolute atomic E-state index is 13.2. The largest absolute Gasteiger partial charge is 0.370 e. The number of carbonyl (C=O) groups is 3. The number of non-ortho nitro benzene ring substituents is 1. The molecule has 0 fully saturated rings. The fourth-order valence-corrected chi connectivity index (χ4v) is 5.19. The summed E-state index contributed by atoms with van der Waals surface area (Å²) in [4.78, 5) is 55.5. The number of hydrogen-bond acceptors (Lipinski definition) is 7. The number of nitro benzene ring substituents is 1. The molecule has 3 amide bonds. The quantitative estimate of drug-likeness (QED) is 0.187. The van der Waals surface area contributed by atoms with Gasteiger partial charge in [0.2, 0.25) is 11.9 Å². The number of nitrogens with one attached hydrogen (secondary N) is 1. The number of aromatic nitrogens is 2. The summed E-state index contributed by atoms with van der Waals surface area (Å²) in [5.41, 5.74) is 8.44. The molecule has 206 valence electrons. The van der Waals surface area contributed by atoms with E-state index < -0.39 is 16.7 Å². The molecule has 0 atom stereocenters. The van der Waals surface area contributed by atoms with E-state index in [0.717, 1.165) is 10.4 Å². The Kier molecular flexibility index (Phi) is 7.57. The van der Waals surface area contributed by atoms with E-state index in [2.05, 4.69) is 10.3 Å². The van der Waals surface area contributed by atoms with Crippen molar-refractivity contribution < 1.29 is 19.3 Å². The Hall–Kier alpha value is -5.36. The molecule has 0 aliphatic heterocycles. The van der Waals surface area contributed by atoms with Gasteiger partial charge in [-0.1, -0.05) is 18.2 Å². The molecule has 3 N–H and O–H groups in total. The van der Waals surface area contributed by atoms with Crippen molar-refractivity contribution in [1.82, 2.24) is 9.55 Å². The fraction of sp³-hybridized carbons (Fsp3) is 0.103. The minimum atomic E-state index is -0.500. The summed E-state index contributed by atoms with van der Waals surface area (Å²) in [6, 6.07) is 23.7. The van der Waals surface area contributed by atoms with Gasteiger partial charge in [0, 0.05) is 48.3 Å². The van der Waals surface area contributed by atoms with Gasteiger partial charge in [-0.2, -0.15) is 0 Å². The smallest absolute Gasteiger partial charge is 0.269 e. The van der Waals surface area contributed by atoms with Gasteiger partial charge in [0.15, 0.2) is 0 Å². The molecule has 0 saturated heterocycles. The van der Waals surface area contributed by atoms with Crippen LogP contribution in [0.25, 0.3) is 21.5 Å². The van der Waals surface area contributed by atoms with Crippen molar-refractivity contribution in [2.45, 2.75) is 13.0 Å². The van der Waals surface area contributed by atoms with Crippen LogP contribution in [0, 0.1) is 10.1 Å². The summed E-state index contributed by atoms with van der Waals surface area (Å²) < 4.78 is 1.70. The molecule has 2 aromatic heterocycles. The van der Waals surface area contributed by atoms with E-state index in [1.165, 1.54) is 28.4 Å². The molecule has 41 heavy (non-hydrogen) atoms. The molecule has 5 rings (SSSR count). The minimum Gasteiger partial charge on any atom is -0.370 e. The number of carbonyl (C=O) groups excluding carboxylic acids is 3. The molecule has 0 aliphatic rings. The summed E-state index contributed by atoms with van der Waals surface area (Å²) in [5, 5.41) is 13.8. The van der Waals surface area contributed by atoms with Crippen LogP contribution in [0.5, 0.6) is 0 Å². The number of aryl methyl sites for hydroxylation is 1. The normalized spacial score (nSPS) is 10.9. The van der Waals surface area contributed by atoms with Crippen LogP contribution < -0.4 is 16.0 Å². The van der Waals surface area contributed by atoms with E-state index in [0.29, 0.717) is 27.2 Å². The molecular weight excluding hydrogens is 544 g/mol. The monoisotopic (exact) mass is 568 g/mol. The highest BCUT2D eigenvalue weighted by atomic mass is 32.1. The lowest BCUT2D eigenvalue weighted by molar-refractivity contribution is -0.384. The topological polar surface area (TPSA) is 153 Å². The Morgan fingerprint density at radius 1 is 1.02 bits per heavy atom. The number of nitrogens with two attached hydrogens (primary N) is 1. The second kappa shape index (κ2) is 11.4. The molecule has 0 unspecified atom stereocenters. The second-order valence-corrected chi connectivity index (χ2v) is 10.2. The van der Waals surface area contributed by atoms with Crippen molar-refractivity contribution >= 4 is 57.4 Å². The average Bonchev–Trinajstić information content (AvgIpc) is 3.60. The number of imidazole rings is 1. The molecular formula is C29H24N6O5S. The van der Waals surface area contributed by atoms with Gasteiger partial charge in [0.05, 0.1) is 20.8 Å². The van der Waals surface area contributed by atoms with Crippen LogP contribution in [0.15, 0.2) is 84.9 Å². The molecule has 0 radical (unpaired) electrons. The van der Waals surface area contributed by atoms with Gasteiger partial charge in [-0.3, -0.25) is 29.8 Å². The highest BCUT2D eigenvalue weighted by Gasteiger charge is 2.19. The van der Waals surface area contributed by atoms with E-state index in [4.69, 9.17) is 5.73 Å². The number of rotatable bonds is 9. The predicted molar refractivity (Wildman–Crippen MR) is 157 cm³/mol. The van der Waals surface area contributed by atoms with Gasteiger partial charge < -0.3 is 15.2 Å². The van der Waals surface area contributed by atoms with Gasteiger partial charge >= 0.3 is 0 Å². The molecule has 0 saturated carbocycles. The molecule has 0 spiro atoms. The summed E-state index contributed by atoms with van der Waals surface area (Å²) in [7, 11) is 1.67. The molecule has 11 nitrogen and oxygen atoms in total. The Morgan fingerprint density at radius 2 is 1.76 bits per heavy atom. The molecule has 5 aromatic rings. The van der Waals surface area contributed by atoms with E-state index in [1.807, 2.05) is 6.07 Å². The van der Waals surface area contributed by atoms with Gasteiger partial charge in [0.1, 0.15) is 0 Å². The summed E-state index contributed by atoms with van der Waals surface area (Å²) in [6.45, 7) is 0.193. The average molecular weight is 569 g/mol. The van der Waals surface area contributed by atoms with Crippen LogP contribution in [0.2, 0.25) is 0 Å². The fourth-order valence-electron chi connectivity index (χ4n) is 4.29. The van der Waals surface area contributed by atoms with Gasteiger partial charge in [-0.15, -0.1) is 11.3 Å². The number of nitrogens with zero attached hydrogens (tertiary/aromatic N) is 4. The number of amides is 3. The Balaban J connectivity index is 1.42. The summed E-state index contributed by atoms with van der Waals surface area (Å²) in [6.07, 6.45) is 0.0335. The molecule has 3 aromatic carbocycles. The first kappa shape index (κ1) is 27.2. The van der Waals surface area contributed by atoms with Crippen molar-refractivity contribution in [2.24, 2.45) is 5.73 Å². The Bertz CT molecular complexity index is 1780. The van der Waals surface area contributed by atoms with E-state index in [1.54, 1.807) is 78.3 Å². The highest BCUT2D eigenvalue weighted by Crippen LogP contribution is 2.31. The van der Waals surface area contributed by atoms with Crippen LogP contribution in [0.4, 0.5) is 17.3 Å². The number of nitro groups is 1. The number of hydrogen-bond donors (Lipinski definition) is 2. The van der Waals surface area contributed by atoms with Gasteiger partial charge in [0.25, 0.3) is 17.5 Å². The van der Waals surface area contributed by atoms with Crippen molar-refractivity contribution in [2.75, 3.05) is 17.3 Å².